The summed E-state index contributed by atoms with van der Waals surface area (Å²) < 4.78 is 32.9. The summed E-state index contributed by atoms with van der Waals surface area (Å²) in [6.45, 7) is 9.38. The van der Waals surface area contributed by atoms with Gasteiger partial charge in [0.05, 0.1) is 18.1 Å². The van der Waals surface area contributed by atoms with Crippen LogP contribution in [0.2, 0.25) is 0 Å². The molecule has 8 nitrogen and oxygen atoms in total. The predicted octanol–water partition coefficient (Wildman–Crippen LogP) is 2.54. The molecule has 0 aliphatic carbocycles. The highest BCUT2D eigenvalue weighted by Crippen LogP contribution is 2.25. The summed E-state index contributed by atoms with van der Waals surface area (Å²) in [5.74, 6) is -0.00452. The monoisotopic (exact) mass is 420 g/mol. The van der Waals surface area contributed by atoms with E-state index in [4.69, 9.17) is 4.74 Å². The summed E-state index contributed by atoms with van der Waals surface area (Å²) in [4.78, 5) is 12.9. The van der Waals surface area contributed by atoms with Gasteiger partial charge in [0.25, 0.3) is 5.91 Å². The van der Waals surface area contributed by atoms with Crippen LogP contribution in [-0.4, -0.2) is 55.1 Å². The van der Waals surface area contributed by atoms with Crippen molar-refractivity contribution in [3.8, 4) is 0 Å². The number of amides is 1. The minimum absolute atomic E-state index is 0.127. The summed E-state index contributed by atoms with van der Waals surface area (Å²) in [5.41, 5.74) is 1.72. The zero-order valence-electron chi connectivity index (χ0n) is 17.3. The van der Waals surface area contributed by atoms with E-state index >= 15 is 0 Å². The second kappa shape index (κ2) is 8.25. The Morgan fingerprint density at radius 1 is 1.24 bits per heavy atom. The largest absolute Gasteiger partial charge is 0.379 e. The number of benzene rings is 1. The zero-order chi connectivity index (χ0) is 21.2. The Morgan fingerprint density at radius 3 is 2.52 bits per heavy atom. The summed E-state index contributed by atoms with van der Waals surface area (Å²) in [7, 11) is -3.70. The van der Waals surface area contributed by atoms with Gasteiger partial charge in [-0.25, -0.2) is 8.42 Å². The molecule has 0 spiro atoms. The number of morpholine rings is 1. The quantitative estimate of drug-likeness (QED) is 0.773. The topological polar surface area (TPSA) is 104 Å². The highest BCUT2D eigenvalue weighted by atomic mass is 32.2. The average Bonchev–Trinajstić information content (AvgIpc) is 3.17. The first-order valence-corrected chi connectivity index (χ1v) is 11.1. The highest BCUT2D eigenvalue weighted by Gasteiger charge is 2.29. The number of carbonyl (C=O) groups is 1. The molecule has 9 heteroatoms. The van der Waals surface area contributed by atoms with Crippen LogP contribution in [0, 0.1) is 0 Å². The lowest BCUT2D eigenvalue weighted by atomic mass is 9.92. The normalized spacial score (nSPS) is 16.0. The van der Waals surface area contributed by atoms with Gasteiger partial charge in [0.1, 0.15) is 0 Å². The molecule has 1 aliphatic rings. The maximum Gasteiger partial charge on any atom is 0.256 e. The summed E-state index contributed by atoms with van der Waals surface area (Å²) in [5, 5.41) is 9.79. The van der Waals surface area contributed by atoms with Crippen LogP contribution in [0.25, 0.3) is 0 Å². The molecule has 2 heterocycles. The standard InChI is InChI=1S/C20H28N4O4S/c1-5-14-6-7-15(12-16(14)29(26,27)24-8-10-28-11-9-24)19(25)21-18-13-17(22-23-18)20(2,3)4/h6-7,12-13H,5,8-11H2,1-4H3,(H2,21,22,23,25). The van der Waals surface area contributed by atoms with Crippen molar-refractivity contribution in [2.45, 2.75) is 44.4 Å². The molecule has 1 saturated heterocycles. The van der Waals surface area contributed by atoms with Crippen LogP contribution in [0.3, 0.4) is 0 Å². The van der Waals surface area contributed by atoms with Gasteiger partial charge < -0.3 is 10.1 Å². The third-order valence-corrected chi connectivity index (χ3v) is 6.91. The molecule has 0 bridgehead atoms. The van der Waals surface area contributed by atoms with E-state index in [1.807, 2.05) is 27.7 Å². The smallest absolute Gasteiger partial charge is 0.256 e. The summed E-state index contributed by atoms with van der Waals surface area (Å²) >= 11 is 0. The van der Waals surface area contributed by atoms with Crippen molar-refractivity contribution in [1.82, 2.24) is 14.5 Å². The van der Waals surface area contributed by atoms with Gasteiger partial charge in [0.2, 0.25) is 10.0 Å². The number of carbonyl (C=O) groups excluding carboxylic acids is 1. The van der Waals surface area contributed by atoms with Crippen LogP contribution in [0.5, 0.6) is 0 Å². The SMILES string of the molecule is CCc1ccc(C(=O)Nc2cc(C(C)(C)C)[nH]n2)cc1S(=O)(=O)N1CCOCC1. The molecule has 29 heavy (non-hydrogen) atoms. The van der Waals surface area contributed by atoms with E-state index in [0.717, 1.165) is 5.69 Å². The fourth-order valence-corrected chi connectivity index (χ4v) is 4.84. The first kappa shape index (κ1) is 21.5. The molecular weight excluding hydrogens is 392 g/mol. The van der Waals surface area contributed by atoms with Crippen molar-refractivity contribution in [3.05, 3.63) is 41.1 Å². The Morgan fingerprint density at radius 2 is 1.93 bits per heavy atom. The molecule has 158 valence electrons. The number of sulfonamides is 1. The number of rotatable bonds is 5. The molecular formula is C20H28N4O4S. The number of H-pyrrole nitrogens is 1. The van der Waals surface area contributed by atoms with Crippen molar-refractivity contribution in [1.29, 1.82) is 0 Å². The Hall–Kier alpha value is -2.23. The highest BCUT2D eigenvalue weighted by molar-refractivity contribution is 7.89. The summed E-state index contributed by atoms with van der Waals surface area (Å²) in [6, 6.07) is 6.58. The fourth-order valence-electron chi connectivity index (χ4n) is 3.11. The van der Waals surface area contributed by atoms with Gasteiger partial charge in [0.15, 0.2) is 5.82 Å². The van der Waals surface area contributed by atoms with Gasteiger partial charge in [-0.3, -0.25) is 9.89 Å². The summed E-state index contributed by atoms with van der Waals surface area (Å²) in [6.07, 6.45) is 0.551. The van der Waals surface area contributed by atoms with E-state index in [9.17, 15) is 13.2 Å². The third-order valence-electron chi connectivity index (χ3n) is 4.93. The van der Waals surface area contributed by atoms with E-state index in [1.54, 1.807) is 18.2 Å². The molecule has 0 saturated carbocycles. The van der Waals surface area contributed by atoms with Gasteiger partial charge in [0, 0.05) is 35.8 Å². The lowest BCUT2D eigenvalue weighted by Gasteiger charge is -2.27. The number of aryl methyl sites for hydroxylation is 1. The second-order valence-electron chi connectivity index (χ2n) is 8.06. The first-order valence-electron chi connectivity index (χ1n) is 9.71. The van der Waals surface area contributed by atoms with Crippen LogP contribution in [0.1, 0.15) is 49.3 Å². The third kappa shape index (κ3) is 4.68. The van der Waals surface area contributed by atoms with Crippen molar-refractivity contribution < 1.29 is 17.9 Å². The minimum Gasteiger partial charge on any atom is -0.379 e. The number of nitrogens with one attached hydrogen (secondary N) is 2. The second-order valence-corrected chi connectivity index (χ2v) is 9.97. The number of aromatic amines is 1. The molecule has 1 aromatic heterocycles. The molecule has 0 radical (unpaired) electrons. The van der Waals surface area contributed by atoms with E-state index in [1.165, 1.54) is 10.4 Å². The van der Waals surface area contributed by atoms with Gasteiger partial charge >= 0.3 is 0 Å². The predicted molar refractivity (Wildman–Crippen MR) is 111 cm³/mol. The number of anilines is 1. The van der Waals surface area contributed by atoms with Crippen LogP contribution < -0.4 is 5.32 Å². The van der Waals surface area contributed by atoms with Crippen LogP contribution in [-0.2, 0) is 26.6 Å². The molecule has 0 atom stereocenters. The lowest BCUT2D eigenvalue weighted by Crippen LogP contribution is -2.41. The van der Waals surface area contributed by atoms with Crippen molar-refractivity contribution in [2.24, 2.45) is 0 Å². The Bertz CT molecular complexity index is 986. The number of aromatic nitrogens is 2. The number of ether oxygens (including phenoxy) is 1. The first-order chi connectivity index (χ1) is 13.6. The van der Waals surface area contributed by atoms with E-state index in [-0.39, 0.29) is 15.9 Å². The van der Waals surface area contributed by atoms with Crippen molar-refractivity contribution >= 4 is 21.7 Å². The number of hydrogen-bond acceptors (Lipinski definition) is 5. The Labute approximate surface area is 171 Å². The average molecular weight is 421 g/mol. The number of nitrogens with zero attached hydrogens (tertiary/aromatic N) is 2. The Kier molecular flexibility index (Phi) is 6.11. The van der Waals surface area contributed by atoms with Gasteiger partial charge in [-0.1, -0.05) is 33.8 Å². The van der Waals surface area contributed by atoms with E-state index in [2.05, 4.69) is 15.5 Å². The molecule has 2 N–H and O–H groups in total. The van der Waals surface area contributed by atoms with Gasteiger partial charge in [-0.05, 0) is 24.1 Å². The fraction of sp³-hybridized carbons (Fsp3) is 0.500. The maximum atomic E-state index is 13.1. The molecule has 1 aromatic carbocycles. The molecule has 1 fully saturated rings. The van der Waals surface area contributed by atoms with Gasteiger partial charge in [-0.15, -0.1) is 0 Å². The lowest BCUT2D eigenvalue weighted by molar-refractivity contribution is 0.0730. The van der Waals surface area contributed by atoms with Crippen molar-refractivity contribution in [2.75, 3.05) is 31.6 Å². The molecule has 0 unspecified atom stereocenters. The number of hydrogen-bond donors (Lipinski definition) is 2. The van der Waals surface area contributed by atoms with Crippen molar-refractivity contribution in [3.63, 3.8) is 0 Å². The molecule has 1 amide bonds. The Balaban J connectivity index is 1.88. The maximum absolute atomic E-state index is 13.1. The molecule has 1 aliphatic heterocycles. The molecule has 3 rings (SSSR count). The van der Waals surface area contributed by atoms with E-state index in [0.29, 0.717) is 44.1 Å². The van der Waals surface area contributed by atoms with E-state index < -0.39 is 15.9 Å². The van der Waals surface area contributed by atoms with Gasteiger partial charge in [-0.2, -0.15) is 9.40 Å². The molecule has 2 aromatic rings. The minimum atomic E-state index is -3.70. The van der Waals surface area contributed by atoms with Crippen LogP contribution in [0.15, 0.2) is 29.2 Å². The zero-order valence-corrected chi connectivity index (χ0v) is 18.1. The van der Waals surface area contributed by atoms with Crippen LogP contribution >= 0.6 is 0 Å². The van der Waals surface area contributed by atoms with Crippen LogP contribution in [0.4, 0.5) is 5.82 Å².